The molecule has 35 heavy (non-hydrogen) atoms. The summed E-state index contributed by atoms with van der Waals surface area (Å²) >= 11 is 0. The number of aromatic hydroxyl groups is 1. The van der Waals surface area contributed by atoms with Gasteiger partial charge in [-0.25, -0.2) is 0 Å². The Morgan fingerprint density at radius 2 is 1.63 bits per heavy atom. The van der Waals surface area contributed by atoms with E-state index in [9.17, 15) is 5.11 Å². The molecule has 2 heterocycles. The zero-order valence-electron chi connectivity index (χ0n) is 20.7. The van der Waals surface area contributed by atoms with Crippen molar-refractivity contribution in [3.63, 3.8) is 0 Å². The molecule has 3 aromatic rings. The maximum absolute atomic E-state index is 10.7. The van der Waals surface area contributed by atoms with E-state index >= 15 is 0 Å². The van der Waals surface area contributed by atoms with E-state index in [-0.39, 0.29) is 11.3 Å². The highest BCUT2D eigenvalue weighted by atomic mass is 16.5. The molecular weight excluding hydrogens is 438 g/mol. The second-order valence-electron chi connectivity index (χ2n) is 9.78. The molecule has 0 saturated carbocycles. The molecule has 1 atom stereocenters. The minimum absolute atomic E-state index is 0.0580. The minimum Gasteiger partial charge on any atom is -0.508 e. The van der Waals surface area contributed by atoms with Crippen LogP contribution in [0.5, 0.6) is 17.2 Å². The van der Waals surface area contributed by atoms with E-state index in [1.54, 1.807) is 20.3 Å². The van der Waals surface area contributed by atoms with Crippen molar-refractivity contribution in [2.24, 2.45) is 0 Å². The van der Waals surface area contributed by atoms with Crippen molar-refractivity contribution in [1.82, 2.24) is 4.90 Å². The summed E-state index contributed by atoms with van der Waals surface area (Å²) < 4.78 is 17.1. The van der Waals surface area contributed by atoms with E-state index in [4.69, 9.17) is 14.2 Å². The van der Waals surface area contributed by atoms with Gasteiger partial charge in [0, 0.05) is 43.2 Å². The van der Waals surface area contributed by atoms with Crippen LogP contribution in [0.3, 0.4) is 0 Å². The van der Waals surface area contributed by atoms with Crippen LogP contribution in [-0.2, 0) is 16.7 Å². The van der Waals surface area contributed by atoms with Crippen LogP contribution in [0.4, 0.5) is 0 Å². The summed E-state index contributed by atoms with van der Waals surface area (Å²) in [7, 11) is 3.41. The molecule has 0 bridgehead atoms. The lowest BCUT2D eigenvalue weighted by Gasteiger charge is -2.47. The first-order valence-electron chi connectivity index (χ1n) is 12.5. The third-order valence-corrected chi connectivity index (χ3v) is 7.80. The van der Waals surface area contributed by atoms with Crippen LogP contribution < -0.4 is 9.47 Å². The van der Waals surface area contributed by atoms with Gasteiger partial charge in [-0.15, -0.1) is 0 Å². The second-order valence-corrected chi connectivity index (χ2v) is 9.78. The number of ether oxygens (including phenoxy) is 3. The van der Waals surface area contributed by atoms with Crippen LogP contribution in [0, 0.1) is 0 Å². The van der Waals surface area contributed by atoms with E-state index < -0.39 is 0 Å². The van der Waals surface area contributed by atoms with Crippen molar-refractivity contribution in [2.45, 2.75) is 37.1 Å². The fraction of sp³-hybridized carbons (Fsp3) is 0.400. The summed E-state index contributed by atoms with van der Waals surface area (Å²) in [6.07, 6.45) is 2.94. The van der Waals surface area contributed by atoms with Gasteiger partial charge in [0.2, 0.25) is 0 Å². The monoisotopic (exact) mass is 473 g/mol. The Morgan fingerprint density at radius 1 is 0.943 bits per heavy atom. The van der Waals surface area contributed by atoms with Crippen molar-refractivity contribution in [2.75, 3.05) is 40.5 Å². The topological polar surface area (TPSA) is 51.2 Å². The molecule has 5 rings (SSSR count). The van der Waals surface area contributed by atoms with Gasteiger partial charge >= 0.3 is 0 Å². The summed E-state index contributed by atoms with van der Waals surface area (Å²) in [4.78, 5) is 2.58. The van der Waals surface area contributed by atoms with E-state index in [1.807, 2.05) is 18.2 Å². The Labute approximate surface area is 208 Å². The number of methoxy groups -OCH3 is 2. The molecule has 5 heteroatoms. The molecule has 0 aromatic heterocycles. The van der Waals surface area contributed by atoms with Crippen LogP contribution in [-0.4, -0.2) is 50.5 Å². The summed E-state index contributed by atoms with van der Waals surface area (Å²) in [6.45, 7) is 4.38. The molecule has 0 aliphatic carbocycles. The molecule has 0 amide bonds. The Balaban J connectivity index is 1.45. The Morgan fingerprint density at radius 3 is 2.34 bits per heavy atom. The third-order valence-electron chi connectivity index (χ3n) is 7.80. The Hall–Kier alpha value is -3.02. The number of hydrogen-bond acceptors (Lipinski definition) is 5. The van der Waals surface area contributed by atoms with E-state index in [1.165, 1.54) is 16.7 Å². The Bertz CT molecular complexity index is 1140. The van der Waals surface area contributed by atoms with Crippen LogP contribution in [0.1, 0.15) is 47.4 Å². The molecule has 184 valence electrons. The summed E-state index contributed by atoms with van der Waals surface area (Å²) in [5, 5.41) is 10.7. The standard InChI is InChI=1S/C30H35NO4/c1-33-28-18-23-20-31(21-30(13-16-35-17-14-30)26(23)19-29(28)34-2)15-12-24(22-8-4-3-5-9-22)25-10-6-7-11-27(25)32/h3-11,18-19,24,32H,12-17,20-21H2,1-2H3. The zero-order valence-corrected chi connectivity index (χ0v) is 20.7. The van der Waals surface area contributed by atoms with Crippen LogP contribution in [0.2, 0.25) is 0 Å². The lowest BCUT2D eigenvalue weighted by atomic mass is 9.69. The molecule has 1 saturated heterocycles. The van der Waals surface area contributed by atoms with Gasteiger partial charge < -0.3 is 19.3 Å². The van der Waals surface area contributed by atoms with Gasteiger partial charge in [0.1, 0.15) is 5.75 Å². The van der Waals surface area contributed by atoms with Crippen molar-refractivity contribution in [1.29, 1.82) is 0 Å². The van der Waals surface area contributed by atoms with Gasteiger partial charge in [-0.1, -0.05) is 48.5 Å². The van der Waals surface area contributed by atoms with E-state index in [2.05, 4.69) is 47.4 Å². The summed E-state index contributed by atoms with van der Waals surface area (Å²) in [5.41, 5.74) is 4.98. The maximum atomic E-state index is 10.7. The van der Waals surface area contributed by atoms with Gasteiger partial charge in [0.05, 0.1) is 14.2 Å². The highest BCUT2D eigenvalue weighted by Gasteiger charge is 2.41. The van der Waals surface area contributed by atoms with Crippen LogP contribution in [0.15, 0.2) is 66.7 Å². The van der Waals surface area contributed by atoms with Crippen molar-refractivity contribution >= 4 is 0 Å². The molecule has 1 unspecified atom stereocenters. The fourth-order valence-corrected chi connectivity index (χ4v) is 5.98. The van der Waals surface area contributed by atoms with E-state index in [0.29, 0.717) is 5.75 Å². The van der Waals surface area contributed by atoms with Crippen molar-refractivity contribution in [3.8, 4) is 17.2 Å². The predicted octanol–water partition coefficient (Wildman–Crippen LogP) is 5.50. The first-order valence-corrected chi connectivity index (χ1v) is 12.5. The highest BCUT2D eigenvalue weighted by Crippen LogP contribution is 2.45. The number of benzene rings is 3. The zero-order chi connectivity index (χ0) is 24.3. The molecular formula is C30H35NO4. The summed E-state index contributed by atoms with van der Waals surface area (Å²) in [6, 6.07) is 22.6. The van der Waals surface area contributed by atoms with Gasteiger partial charge in [0.25, 0.3) is 0 Å². The first kappa shape index (κ1) is 23.7. The lowest BCUT2D eigenvalue weighted by Crippen LogP contribution is -2.49. The molecule has 2 aliphatic rings. The minimum atomic E-state index is 0.0580. The first-order chi connectivity index (χ1) is 17.1. The van der Waals surface area contributed by atoms with Gasteiger partial charge in [-0.3, -0.25) is 4.90 Å². The maximum Gasteiger partial charge on any atom is 0.161 e. The average Bonchev–Trinajstić information content (AvgIpc) is 2.90. The lowest BCUT2D eigenvalue weighted by molar-refractivity contribution is 0.0252. The van der Waals surface area contributed by atoms with Gasteiger partial charge in [-0.05, 0) is 60.7 Å². The summed E-state index contributed by atoms with van der Waals surface area (Å²) in [5.74, 6) is 2.08. The van der Waals surface area contributed by atoms with Crippen molar-refractivity contribution in [3.05, 3.63) is 89.0 Å². The number of phenols is 1. The van der Waals surface area contributed by atoms with Crippen LogP contribution in [0.25, 0.3) is 0 Å². The Kier molecular flexibility index (Phi) is 6.98. The number of phenolic OH excluding ortho intramolecular Hbond substituents is 1. The quantitative estimate of drug-likeness (QED) is 0.491. The van der Waals surface area contributed by atoms with Gasteiger partial charge in [-0.2, -0.15) is 0 Å². The molecule has 2 aliphatic heterocycles. The normalized spacial score (nSPS) is 18.1. The number of hydrogen-bond donors (Lipinski definition) is 1. The molecule has 5 nitrogen and oxygen atoms in total. The van der Waals surface area contributed by atoms with Crippen LogP contribution >= 0.6 is 0 Å². The second kappa shape index (κ2) is 10.3. The third kappa shape index (κ3) is 4.75. The van der Waals surface area contributed by atoms with E-state index in [0.717, 1.165) is 69.2 Å². The van der Waals surface area contributed by atoms with Crippen molar-refractivity contribution < 1.29 is 19.3 Å². The molecule has 1 spiro atoms. The molecule has 3 aromatic carbocycles. The SMILES string of the molecule is COc1cc2c(cc1OC)C1(CCOCC1)CN(CCC(c1ccccc1)c1ccccc1O)C2. The number of rotatable bonds is 7. The molecule has 1 N–H and O–H groups in total. The smallest absolute Gasteiger partial charge is 0.161 e. The average molecular weight is 474 g/mol. The van der Waals surface area contributed by atoms with Gasteiger partial charge in [0.15, 0.2) is 11.5 Å². The number of para-hydroxylation sites is 1. The molecule has 0 radical (unpaired) electrons. The molecule has 1 fully saturated rings. The largest absolute Gasteiger partial charge is 0.508 e. The highest BCUT2D eigenvalue weighted by molar-refractivity contribution is 5.51. The number of nitrogens with zero attached hydrogens (tertiary/aromatic N) is 1. The predicted molar refractivity (Wildman–Crippen MR) is 138 cm³/mol. The number of fused-ring (bicyclic) bond motifs is 2. The fourth-order valence-electron chi connectivity index (χ4n) is 5.98.